The molecule has 10 heteroatoms. The van der Waals surface area contributed by atoms with E-state index in [0.717, 1.165) is 44.6 Å². The summed E-state index contributed by atoms with van der Waals surface area (Å²) in [6.45, 7) is 9.04. The maximum absolute atomic E-state index is 14.8. The molecule has 0 unspecified atom stereocenters. The van der Waals surface area contributed by atoms with Crippen molar-refractivity contribution in [1.29, 1.82) is 5.26 Å². The standard InChI is InChI=1S/C27H37FN6O3/c1-17(2)25-31-27(37-32-25)33-12-8-19(9-13-33)18(3)10-14-36-21-6-7-22(23(28)15-21)24(30)26(35)34-11-4-5-20(34)16-29/h6-7,15,17-20,24H,4-5,8-14,30H2,1-3H3/t18-,20+,24+/m1/s1. The molecule has 0 spiro atoms. The van der Waals surface area contributed by atoms with E-state index in [4.69, 9.17) is 15.0 Å². The normalized spacial score (nSPS) is 20.2. The minimum Gasteiger partial charge on any atom is -0.493 e. The molecule has 200 valence electrons. The zero-order chi connectivity index (χ0) is 26.5. The molecule has 0 saturated carbocycles. The number of nitrogens with two attached hydrogens (primary N) is 1. The summed E-state index contributed by atoms with van der Waals surface area (Å²) in [5.41, 5.74) is 6.19. The lowest BCUT2D eigenvalue weighted by atomic mass is 9.84. The van der Waals surface area contributed by atoms with Gasteiger partial charge in [0.05, 0.1) is 12.7 Å². The minimum atomic E-state index is -1.14. The van der Waals surface area contributed by atoms with E-state index in [1.54, 1.807) is 6.07 Å². The molecule has 3 heterocycles. The first-order valence-corrected chi connectivity index (χ1v) is 13.2. The van der Waals surface area contributed by atoms with Crippen molar-refractivity contribution < 1.29 is 18.4 Å². The van der Waals surface area contributed by atoms with E-state index in [2.05, 4.69) is 28.0 Å². The number of piperidine rings is 1. The van der Waals surface area contributed by atoms with E-state index >= 15 is 0 Å². The van der Waals surface area contributed by atoms with Crippen LogP contribution in [-0.4, -0.2) is 53.2 Å². The Labute approximate surface area is 217 Å². The van der Waals surface area contributed by atoms with Crippen molar-refractivity contribution in [3.63, 3.8) is 0 Å². The molecule has 37 heavy (non-hydrogen) atoms. The van der Waals surface area contributed by atoms with Gasteiger partial charge in [-0.15, -0.1) is 0 Å². The van der Waals surface area contributed by atoms with Gasteiger partial charge < -0.3 is 24.8 Å². The second kappa shape index (κ2) is 11.9. The van der Waals surface area contributed by atoms with Crippen LogP contribution in [0, 0.1) is 29.0 Å². The third-order valence-electron chi connectivity index (χ3n) is 7.66. The van der Waals surface area contributed by atoms with Crippen molar-refractivity contribution in [2.75, 3.05) is 31.1 Å². The number of rotatable bonds is 9. The van der Waals surface area contributed by atoms with Gasteiger partial charge >= 0.3 is 6.01 Å². The number of nitriles is 1. The number of benzene rings is 1. The van der Waals surface area contributed by atoms with E-state index in [9.17, 15) is 14.4 Å². The first-order valence-electron chi connectivity index (χ1n) is 13.2. The number of hydrogen-bond donors (Lipinski definition) is 1. The zero-order valence-corrected chi connectivity index (χ0v) is 21.9. The van der Waals surface area contributed by atoms with E-state index in [1.165, 1.54) is 17.0 Å². The average molecular weight is 513 g/mol. The fourth-order valence-electron chi connectivity index (χ4n) is 5.17. The highest BCUT2D eigenvalue weighted by Crippen LogP contribution is 2.30. The van der Waals surface area contributed by atoms with E-state index in [-0.39, 0.29) is 11.5 Å². The van der Waals surface area contributed by atoms with E-state index in [1.807, 2.05) is 13.8 Å². The minimum absolute atomic E-state index is 0.114. The second-order valence-electron chi connectivity index (χ2n) is 10.5. The zero-order valence-electron chi connectivity index (χ0n) is 21.9. The van der Waals surface area contributed by atoms with Gasteiger partial charge in [-0.05, 0) is 50.0 Å². The Hall–Kier alpha value is -3.19. The summed E-state index contributed by atoms with van der Waals surface area (Å²) in [6.07, 6.45) is 4.31. The number of anilines is 1. The Morgan fingerprint density at radius 1 is 1.27 bits per heavy atom. The monoisotopic (exact) mass is 512 g/mol. The molecule has 2 N–H and O–H groups in total. The van der Waals surface area contributed by atoms with Crippen LogP contribution in [0.15, 0.2) is 22.7 Å². The van der Waals surface area contributed by atoms with Crippen LogP contribution in [-0.2, 0) is 4.79 Å². The Morgan fingerprint density at radius 3 is 2.68 bits per heavy atom. The van der Waals surface area contributed by atoms with Gasteiger partial charge in [-0.25, -0.2) is 4.39 Å². The van der Waals surface area contributed by atoms with Gasteiger partial charge in [-0.1, -0.05) is 32.0 Å². The Morgan fingerprint density at radius 2 is 2.03 bits per heavy atom. The van der Waals surface area contributed by atoms with Crippen LogP contribution < -0.4 is 15.4 Å². The Bertz CT molecular complexity index is 1110. The van der Waals surface area contributed by atoms with Gasteiger partial charge in [0.25, 0.3) is 0 Å². The molecule has 0 aliphatic carbocycles. The van der Waals surface area contributed by atoms with Crippen molar-refractivity contribution in [3.8, 4) is 11.8 Å². The average Bonchev–Trinajstić information content (AvgIpc) is 3.58. The SMILES string of the molecule is CC(C)c1noc(N2CCC([C@H](C)CCOc3ccc([C@H](N)C(=O)N4CCC[C@H]4C#N)c(F)c3)CC2)n1. The first kappa shape index (κ1) is 26.9. The second-order valence-corrected chi connectivity index (χ2v) is 10.5. The van der Waals surface area contributed by atoms with E-state index in [0.29, 0.717) is 43.2 Å². The van der Waals surface area contributed by atoms with Crippen molar-refractivity contribution in [2.24, 2.45) is 17.6 Å². The van der Waals surface area contributed by atoms with Gasteiger partial charge in [-0.2, -0.15) is 10.2 Å². The molecule has 2 aliphatic heterocycles. The number of nitrogens with zero attached hydrogens (tertiary/aromatic N) is 5. The van der Waals surface area contributed by atoms with Crippen molar-refractivity contribution in [3.05, 3.63) is 35.4 Å². The number of halogens is 1. The number of carbonyl (C=O) groups excluding carboxylic acids is 1. The summed E-state index contributed by atoms with van der Waals surface area (Å²) in [4.78, 5) is 20.8. The topological polar surface area (TPSA) is 122 Å². The number of carbonyl (C=O) groups is 1. The van der Waals surface area contributed by atoms with Crippen molar-refractivity contribution in [2.45, 2.75) is 70.9 Å². The third-order valence-corrected chi connectivity index (χ3v) is 7.66. The highest BCUT2D eigenvalue weighted by molar-refractivity contribution is 5.84. The fraction of sp³-hybridized carbons (Fsp3) is 0.630. The molecule has 1 aromatic carbocycles. The van der Waals surface area contributed by atoms with Gasteiger partial charge in [0.1, 0.15) is 23.7 Å². The summed E-state index contributed by atoms with van der Waals surface area (Å²) in [6, 6.07) is 5.53. The molecular weight excluding hydrogens is 475 g/mol. The summed E-state index contributed by atoms with van der Waals surface area (Å²) in [5, 5.41) is 13.3. The molecule has 2 aliphatic rings. The fourth-order valence-corrected chi connectivity index (χ4v) is 5.17. The predicted octanol–water partition coefficient (Wildman–Crippen LogP) is 4.17. The van der Waals surface area contributed by atoms with Crippen molar-refractivity contribution >= 4 is 11.9 Å². The predicted molar refractivity (Wildman–Crippen MR) is 136 cm³/mol. The summed E-state index contributed by atoms with van der Waals surface area (Å²) in [7, 11) is 0. The molecule has 4 rings (SSSR count). The third kappa shape index (κ3) is 6.21. The highest BCUT2D eigenvalue weighted by atomic mass is 19.1. The lowest BCUT2D eigenvalue weighted by Gasteiger charge is -2.33. The van der Waals surface area contributed by atoms with Crippen LogP contribution in [0.4, 0.5) is 10.4 Å². The van der Waals surface area contributed by atoms with Gasteiger partial charge in [0, 0.05) is 37.2 Å². The summed E-state index contributed by atoms with van der Waals surface area (Å²) < 4.78 is 26.1. The Kier molecular flexibility index (Phi) is 8.64. The smallest absolute Gasteiger partial charge is 0.324 e. The number of likely N-dealkylation sites (tertiary alicyclic amines) is 1. The van der Waals surface area contributed by atoms with Crippen LogP contribution in [0.3, 0.4) is 0 Å². The lowest BCUT2D eigenvalue weighted by Crippen LogP contribution is -2.41. The number of hydrogen-bond acceptors (Lipinski definition) is 8. The Balaban J connectivity index is 1.23. The van der Waals surface area contributed by atoms with Crippen molar-refractivity contribution in [1.82, 2.24) is 15.0 Å². The van der Waals surface area contributed by atoms with Crippen LogP contribution in [0.5, 0.6) is 5.75 Å². The highest BCUT2D eigenvalue weighted by Gasteiger charge is 2.33. The molecule has 2 saturated heterocycles. The molecule has 1 amide bonds. The molecule has 1 aromatic heterocycles. The molecule has 2 fully saturated rings. The number of ether oxygens (including phenoxy) is 1. The maximum Gasteiger partial charge on any atom is 0.324 e. The molecule has 0 bridgehead atoms. The molecule has 2 aromatic rings. The van der Waals surface area contributed by atoms with Crippen LogP contribution in [0.25, 0.3) is 0 Å². The molecule has 9 nitrogen and oxygen atoms in total. The summed E-state index contributed by atoms with van der Waals surface area (Å²) >= 11 is 0. The maximum atomic E-state index is 14.8. The number of aromatic nitrogens is 2. The molecule has 3 atom stereocenters. The lowest BCUT2D eigenvalue weighted by molar-refractivity contribution is -0.132. The quantitative estimate of drug-likeness (QED) is 0.531. The first-order chi connectivity index (χ1) is 17.8. The summed E-state index contributed by atoms with van der Waals surface area (Å²) in [5.74, 6) is 1.42. The molecular formula is C27H37FN6O3. The number of amides is 1. The van der Waals surface area contributed by atoms with Crippen LogP contribution in [0.1, 0.15) is 76.2 Å². The van der Waals surface area contributed by atoms with Crippen LogP contribution >= 0.6 is 0 Å². The van der Waals surface area contributed by atoms with Gasteiger partial charge in [0.15, 0.2) is 5.82 Å². The molecule has 0 radical (unpaired) electrons. The van der Waals surface area contributed by atoms with E-state index < -0.39 is 23.8 Å². The van der Waals surface area contributed by atoms with Gasteiger partial charge in [0.2, 0.25) is 5.91 Å². The largest absolute Gasteiger partial charge is 0.493 e. The van der Waals surface area contributed by atoms with Crippen LogP contribution in [0.2, 0.25) is 0 Å². The van der Waals surface area contributed by atoms with Gasteiger partial charge in [-0.3, -0.25) is 4.79 Å².